The van der Waals surface area contributed by atoms with Crippen molar-refractivity contribution >= 4 is 23.2 Å². The standard InChI is InChI=1S/C11H15NO.C10H13NO.2C2H6/c1-9(2)11(13)12(3)10-7-5-4-6-8-10;1-8(2)10(12)11-9-6-4-3-5-7-9;2*1-2/h4-9H,1-3H3;3-8H,1-2H3,(H,11,12);2*1-2H3. The molecule has 2 aromatic rings. The van der Waals surface area contributed by atoms with Crippen molar-refractivity contribution in [1.82, 2.24) is 0 Å². The Morgan fingerprint density at radius 3 is 1.52 bits per heavy atom. The van der Waals surface area contributed by atoms with E-state index < -0.39 is 0 Å². The molecule has 4 nitrogen and oxygen atoms in total. The Morgan fingerprint density at radius 1 is 0.724 bits per heavy atom. The summed E-state index contributed by atoms with van der Waals surface area (Å²) >= 11 is 0. The van der Waals surface area contributed by atoms with Crippen LogP contribution in [0.25, 0.3) is 0 Å². The predicted molar refractivity (Wildman–Crippen MR) is 127 cm³/mol. The molecule has 0 unspecified atom stereocenters. The van der Waals surface area contributed by atoms with Crippen LogP contribution in [-0.4, -0.2) is 18.9 Å². The molecule has 0 radical (unpaired) electrons. The Morgan fingerprint density at radius 2 is 1.14 bits per heavy atom. The monoisotopic (exact) mass is 400 g/mol. The highest BCUT2D eigenvalue weighted by Gasteiger charge is 2.13. The second kappa shape index (κ2) is 17.5. The largest absolute Gasteiger partial charge is 0.326 e. The van der Waals surface area contributed by atoms with Gasteiger partial charge < -0.3 is 10.2 Å². The summed E-state index contributed by atoms with van der Waals surface area (Å²) in [6.45, 7) is 15.6. The van der Waals surface area contributed by atoms with Gasteiger partial charge in [0.1, 0.15) is 0 Å². The van der Waals surface area contributed by atoms with Gasteiger partial charge in [0.25, 0.3) is 0 Å². The van der Waals surface area contributed by atoms with Crippen LogP contribution in [0.4, 0.5) is 11.4 Å². The molecule has 0 bridgehead atoms. The summed E-state index contributed by atoms with van der Waals surface area (Å²) in [6.07, 6.45) is 0. The quantitative estimate of drug-likeness (QED) is 0.625. The fourth-order valence-corrected chi connectivity index (χ4v) is 1.97. The van der Waals surface area contributed by atoms with E-state index in [-0.39, 0.29) is 23.7 Å². The number of nitrogens with one attached hydrogen (secondary N) is 1. The van der Waals surface area contributed by atoms with Crippen molar-refractivity contribution < 1.29 is 9.59 Å². The van der Waals surface area contributed by atoms with Crippen LogP contribution in [0.5, 0.6) is 0 Å². The summed E-state index contributed by atoms with van der Waals surface area (Å²) in [6, 6.07) is 19.1. The molecule has 0 saturated carbocycles. The van der Waals surface area contributed by atoms with Crippen molar-refractivity contribution in [3.05, 3.63) is 60.7 Å². The van der Waals surface area contributed by atoms with Gasteiger partial charge in [0.2, 0.25) is 11.8 Å². The maximum absolute atomic E-state index is 11.6. The molecule has 0 aliphatic heterocycles. The molecule has 0 saturated heterocycles. The summed E-state index contributed by atoms with van der Waals surface area (Å²) in [4.78, 5) is 24.5. The van der Waals surface area contributed by atoms with Crippen LogP contribution in [0, 0.1) is 11.8 Å². The van der Waals surface area contributed by atoms with Crippen LogP contribution >= 0.6 is 0 Å². The molecule has 2 rings (SSSR count). The highest BCUT2D eigenvalue weighted by Crippen LogP contribution is 2.13. The summed E-state index contributed by atoms with van der Waals surface area (Å²) in [7, 11) is 1.80. The zero-order valence-corrected chi connectivity index (χ0v) is 19.7. The number of amides is 2. The lowest BCUT2D eigenvalue weighted by Gasteiger charge is -2.19. The van der Waals surface area contributed by atoms with Gasteiger partial charge in [-0.3, -0.25) is 9.59 Å². The molecule has 162 valence electrons. The summed E-state index contributed by atoms with van der Waals surface area (Å²) < 4.78 is 0. The number of benzene rings is 2. The molecule has 0 heterocycles. The van der Waals surface area contributed by atoms with E-state index in [0.29, 0.717) is 0 Å². The second-order valence-electron chi connectivity index (χ2n) is 6.40. The number of hydrogen-bond acceptors (Lipinski definition) is 2. The Kier molecular flexibility index (Phi) is 17.2. The van der Waals surface area contributed by atoms with Crippen molar-refractivity contribution in [2.24, 2.45) is 11.8 Å². The minimum Gasteiger partial charge on any atom is -0.326 e. The lowest BCUT2D eigenvalue weighted by molar-refractivity contribution is -0.121. The molecule has 2 aromatic carbocycles. The number of carbonyl (C=O) groups is 2. The normalized spacial score (nSPS) is 9.07. The Hall–Kier alpha value is -2.62. The van der Waals surface area contributed by atoms with Crippen molar-refractivity contribution in [3.63, 3.8) is 0 Å². The first kappa shape index (κ1) is 28.6. The number of hydrogen-bond donors (Lipinski definition) is 1. The SMILES string of the molecule is CC.CC.CC(C)C(=O)N(C)c1ccccc1.CC(C)C(=O)Nc1ccccc1. The molecule has 0 aromatic heterocycles. The van der Waals surface area contributed by atoms with Gasteiger partial charge in [-0.2, -0.15) is 0 Å². The van der Waals surface area contributed by atoms with Gasteiger partial charge in [-0.15, -0.1) is 0 Å². The molecule has 4 heteroatoms. The molecule has 0 aliphatic carbocycles. The van der Waals surface area contributed by atoms with Gasteiger partial charge in [-0.1, -0.05) is 91.8 Å². The van der Waals surface area contributed by atoms with Gasteiger partial charge in [0.15, 0.2) is 0 Å². The van der Waals surface area contributed by atoms with Crippen molar-refractivity contribution in [1.29, 1.82) is 0 Å². The maximum atomic E-state index is 11.6. The van der Waals surface area contributed by atoms with Gasteiger partial charge in [-0.05, 0) is 24.3 Å². The average Bonchev–Trinajstić information content (AvgIpc) is 2.77. The molecule has 1 N–H and O–H groups in total. The van der Waals surface area contributed by atoms with E-state index in [1.807, 2.05) is 116 Å². The molecular formula is C25H40N2O2. The highest BCUT2D eigenvalue weighted by molar-refractivity contribution is 5.94. The minimum atomic E-state index is 0.0326. The lowest BCUT2D eigenvalue weighted by Crippen LogP contribution is -2.30. The van der Waals surface area contributed by atoms with E-state index in [9.17, 15) is 9.59 Å². The number of para-hydroxylation sites is 2. The molecule has 0 atom stereocenters. The number of anilines is 2. The summed E-state index contributed by atoms with van der Waals surface area (Å²) in [5, 5.41) is 2.80. The smallest absolute Gasteiger partial charge is 0.229 e. The zero-order valence-electron chi connectivity index (χ0n) is 19.7. The average molecular weight is 401 g/mol. The van der Waals surface area contributed by atoms with Gasteiger partial charge in [0.05, 0.1) is 0 Å². The molecule has 2 amide bonds. The first-order chi connectivity index (χ1) is 13.8. The number of carbonyl (C=O) groups excluding carboxylic acids is 2. The highest BCUT2D eigenvalue weighted by atomic mass is 16.2. The first-order valence-electron chi connectivity index (χ1n) is 10.5. The summed E-state index contributed by atoms with van der Waals surface area (Å²) in [5.41, 5.74) is 1.80. The Balaban J connectivity index is 0. The van der Waals surface area contributed by atoms with Crippen LogP contribution < -0.4 is 10.2 Å². The summed E-state index contributed by atoms with van der Waals surface area (Å²) in [5.74, 6) is 0.280. The number of nitrogens with zero attached hydrogens (tertiary/aromatic N) is 1. The van der Waals surface area contributed by atoms with E-state index in [0.717, 1.165) is 11.4 Å². The van der Waals surface area contributed by atoms with Crippen LogP contribution in [0.3, 0.4) is 0 Å². The fourth-order valence-electron chi connectivity index (χ4n) is 1.97. The minimum absolute atomic E-state index is 0.0326. The van der Waals surface area contributed by atoms with Gasteiger partial charge in [-0.25, -0.2) is 0 Å². The Bertz CT molecular complexity index is 653. The fraction of sp³-hybridized carbons (Fsp3) is 0.440. The second-order valence-corrected chi connectivity index (χ2v) is 6.40. The van der Waals surface area contributed by atoms with Crippen molar-refractivity contribution in [2.75, 3.05) is 17.3 Å². The Labute approximate surface area is 178 Å². The molecular weight excluding hydrogens is 360 g/mol. The van der Waals surface area contributed by atoms with E-state index >= 15 is 0 Å². The predicted octanol–water partition coefficient (Wildman–Crippen LogP) is 6.64. The van der Waals surface area contributed by atoms with Crippen molar-refractivity contribution in [2.45, 2.75) is 55.4 Å². The van der Waals surface area contributed by atoms with Crippen LogP contribution in [0.2, 0.25) is 0 Å². The van der Waals surface area contributed by atoms with E-state index in [2.05, 4.69) is 5.32 Å². The lowest BCUT2D eigenvalue weighted by atomic mass is 10.2. The first-order valence-corrected chi connectivity index (χ1v) is 10.5. The van der Waals surface area contributed by atoms with Gasteiger partial charge in [0, 0.05) is 30.3 Å². The van der Waals surface area contributed by atoms with Crippen LogP contribution in [-0.2, 0) is 9.59 Å². The molecule has 0 spiro atoms. The molecule has 0 aliphatic rings. The number of rotatable bonds is 4. The van der Waals surface area contributed by atoms with Gasteiger partial charge >= 0.3 is 0 Å². The van der Waals surface area contributed by atoms with Crippen molar-refractivity contribution in [3.8, 4) is 0 Å². The topological polar surface area (TPSA) is 49.4 Å². The zero-order chi connectivity index (χ0) is 22.8. The third-order valence-corrected chi connectivity index (χ3v) is 3.53. The third kappa shape index (κ3) is 12.5. The molecule has 29 heavy (non-hydrogen) atoms. The van der Waals surface area contributed by atoms with E-state index in [1.54, 1.807) is 11.9 Å². The van der Waals surface area contributed by atoms with E-state index in [1.165, 1.54) is 0 Å². The van der Waals surface area contributed by atoms with Crippen LogP contribution in [0.1, 0.15) is 55.4 Å². The molecule has 0 fully saturated rings. The maximum Gasteiger partial charge on any atom is 0.229 e. The van der Waals surface area contributed by atoms with Crippen LogP contribution in [0.15, 0.2) is 60.7 Å². The van der Waals surface area contributed by atoms with E-state index in [4.69, 9.17) is 0 Å². The third-order valence-electron chi connectivity index (χ3n) is 3.53.